The minimum absolute atomic E-state index is 0.268. The molecular weight excluding hydrogens is 326 g/mol. The summed E-state index contributed by atoms with van der Waals surface area (Å²) in [7, 11) is 0. The Morgan fingerprint density at radius 2 is 2.31 bits per heavy atom. The second kappa shape index (κ2) is 8.88. The molecule has 140 valence electrons. The van der Waals surface area contributed by atoms with E-state index in [-0.39, 0.29) is 5.91 Å². The number of nitrogens with zero attached hydrogens (tertiary/aromatic N) is 2. The second-order valence-corrected chi connectivity index (χ2v) is 7.04. The summed E-state index contributed by atoms with van der Waals surface area (Å²) in [5, 5.41) is 0. The molecule has 0 aliphatic carbocycles. The van der Waals surface area contributed by atoms with Crippen LogP contribution in [0, 0.1) is 6.92 Å². The van der Waals surface area contributed by atoms with Crippen molar-refractivity contribution in [2.75, 3.05) is 19.7 Å². The molecule has 3 rings (SSSR count). The Balaban J connectivity index is 1.47. The van der Waals surface area contributed by atoms with Crippen LogP contribution < -0.4 is 4.74 Å². The van der Waals surface area contributed by atoms with Gasteiger partial charge in [0.1, 0.15) is 11.6 Å². The van der Waals surface area contributed by atoms with Gasteiger partial charge in [-0.3, -0.25) is 4.79 Å². The summed E-state index contributed by atoms with van der Waals surface area (Å²) in [6.45, 7) is 6.41. The van der Waals surface area contributed by atoms with Gasteiger partial charge < -0.3 is 14.6 Å². The Bertz CT molecular complexity index is 712. The number of carbonyl (C=O) groups excluding carboxylic acids is 1. The number of likely N-dealkylation sites (tertiary alicyclic amines) is 1. The molecule has 0 radical (unpaired) electrons. The Labute approximate surface area is 155 Å². The molecule has 5 heteroatoms. The van der Waals surface area contributed by atoms with Crippen molar-refractivity contribution in [2.45, 2.75) is 51.9 Å². The molecule has 1 aromatic carbocycles. The molecule has 2 heterocycles. The molecule has 5 nitrogen and oxygen atoms in total. The van der Waals surface area contributed by atoms with Gasteiger partial charge >= 0.3 is 0 Å². The van der Waals surface area contributed by atoms with E-state index in [1.807, 2.05) is 24.1 Å². The van der Waals surface area contributed by atoms with E-state index in [2.05, 4.69) is 29.0 Å². The number of hydrogen-bond acceptors (Lipinski definition) is 3. The lowest BCUT2D eigenvalue weighted by Gasteiger charge is -2.32. The van der Waals surface area contributed by atoms with Crippen LogP contribution in [0.5, 0.6) is 5.75 Å². The quantitative estimate of drug-likeness (QED) is 0.821. The molecule has 1 aliphatic rings. The molecule has 0 spiro atoms. The summed E-state index contributed by atoms with van der Waals surface area (Å²) >= 11 is 0. The van der Waals surface area contributed by atoms with Crippen LogP contribution in [0.15, 0.2) is 30.6 Å². The Morgan fingerprint density at radius 1 is 1.42 bits per heavy atom. The van der Waals surface area contributed by atoms with Crippen LogP contribution in [0.3, 0.4) is 0 Å². The third kappa shape index (κ3) is 4.65. The number of benzene rings is 1. The number of aromatic amines is 1. The van der Waals surface area contributed by atoms with Crippen LogP contribution in [-0.4, -0.2) is 40.5 Å². The number of carbonyl (C=O) groups is 1. The van der Waals surface area contributed by atoms with Crippen molar-refractivity contribution in [3.05, 3.63) is 47.5 Å². The summed E-state index contributed by atoms with van der Waals surface area (Å²) in [6, 6.07) is 6.31. The average Bonchev–Trinajstić information content (AvgIpc) is 3.19. The van der Waals surface area contributed by atoms with Crippen molar-refractivity contribution in [1.29, 1.82) is 0 Å². The molecule has 1 N–H and O–H groups in total. The van der Waals surface area contributed by atoms with Gasteiger partial charge in [-0.25, -0.2) is 4.98 Å². The first-order valence-electron chi connectivity index (χ1n) is 9.66. The van der Waals surface area contributed by atoms with Crippen molar-refractivity contribution in [3.63, 3.8) is 0 Å². The monoisotopic (exact) mass is 355 g/mol. The number of aryl methyl sites for hydroxylation is 2. The number of nitrogens with one attached hydrogen (secondary N) is 1. The highest BCUT2D eigenvalue weighted by Crippen LogP contribution is 2.25. The zero-order chi connectivity index (χ0) is 18.4. The number of amides is 1. The number of aromatic nitrogens is 2. The van der Waals surface area contributed by atoms with Crippen LogP contribution in [-0.2, 0) is 11.2 Å². The largest absolute Gasteiger partial charge is 0.494 e. The number of H-pyrrole nitrogens is 1. The smallest absolute Gasteiger partial charge is 0.222 e. The van der Waals surface area contributed by atoms with Gasteiger partial charge in [-0.1, -0.05) is 12.1 Å². The Kier molecular flexibility index (Phi) is 6.31. The summed E-state index contributed by atoms with van der Waals surface area (Å²) in [4.78, 5) is 22.1. The van der Waals surface area contributed by atoms with Crippen molar-refractivity contribution in [2.24, 2.45) is 0 Å². The average molecular weight is 355 g/mol. The standard InChI is InChI=1S/C21H29N3O2/c1-3-26-19-10-9-17(14-16(19)2)6-4-8-20(25)24-13-5-7-18(15-24)21-22-11-12-23-21/h9-12,14,18H,3-8,13,15H2,1-2H3,(H,22,23)/t18-/m0/s1. The topological polar surface area (TPSA) is 58.2 Å². The van der Waals surface area contributed by atoms with Gasteiger partial charge in [-0.05, 0) is 56.7 Å². The van der Waals surface area contributed by atoms with Crippen LogP contribution in [0.25, 0.3) is 0 Å². The van der Waals surface area contributed by atoms with Gasteiger partial charge in [0.05, 0.1) is 6.61 Å². The zero-order valence-electron chi connectivity index (χ0n) is 15.8. The Morgan fingerprint density at radius 3 is 3.04 bits per heavy atom. The number of imidazole rings is 1. The fraction of sp³-hybridized carbons (Fsp3) is 0.524. The highest BCUT2D eigenvalue weighted by Gasteiger charge is 2.25. The SMILES string of the molecule is CCOc1ccc(CCCC(=O)N2CCC[C@H](c3ncc[nH]3)C2)cc1C. The molecule has 1 amide bonds. The maximum atomic E-state index is 12.6. The Hall–Kier alpha value is -2.30. The zero-order valence-corrected chi connectivity index (χ0v) is 15.8. The lowest BCUT2D eigenvalue weighted by Crippen LogP contribution is -2.39. The van der Waals surface area contributed by atoms with Gasteiger partial charge in [-0.15, -0.1) is 0 Å². The van der Waals surface area contributed by atoms with Crippen molar-refractivity contribution in [3.8, 4) is 5.75 Å². The molecule has 2 aromatic rings. The summed E-state index contributed by atoms with van der Waals surface area (Å²) in [5.41, 5.74) is 2.43. The van der Waals surface area contributed by atoms with E-state index in [0.29, 0.717) is 18.9 Å². The van der Waals surface area contributed by atoms with Gasteiger partial charge in [0.2, 0.25) is 5.91 Å². The van der Waals surface area contributed by atoms with E-state index in [1.165, 1.54) is 5.56 Å². The van der Waals surface area contributed by atoms with Gasteiger partial charge in [0, 0.05) is 37.8 Å². The minimum Gasteiger partial charge on any atom is -0.494 e. The van der Waals surface area contributed by atoms with Crippen LogP contribution in [0.2, 0.25) is 0 Å². The molecule has 1 saturated heterocycles. The molecule has 1 fully saturated rings. The van der Waals surface area contributed by atoms with Gasteiger partial charge in [-0.2, -0.15) is 0 Å². The molecule has 26 heavy (non-hydrogen) atoms. The molecule has 1 aromatic heterocycles. The fourth-order valence-electron chi connectivity index (χ4n) is 3.71. The van der Waals surface area contributed by atoms with Crippen LogP contribution in [0.1, 0.15) is 55.5 Å². The van der Waals surface area contributed by atoms with E-state index < -0.39 is 0 Å². The molecule has 1 atom stereocenters. The fourth-order valence-corrected chi connectivity index (χ4v) is 3.71. The summed E-state index contributed by atoms with van der Waals surface area (Å²) in [5.74, 6) is 2.57. The van der Waals surface area contributed by atoms with Gasteiger partial charge in [0.25, 0.3) is 0 Å². The van der Waals surface area contributed by atoms with E-state index >= 15 is 0 Å². The van der Waals surface area contributed by atoms with E-state index in [9.17, 15) is 4.79 Å². The first-order chi connectivity index (χ1) is 12.7. The van der Waals surface area contributed by atoms with Crippen molar-refractivity contribution in [1.82, 2.24) is 14.9 Å². The number of hydrogen-bond donors (Lipinski definition) is 1. The van der Waals surface area contributed by atoms with Crippen molar-refractivity contribution < 1.29 is 9.53 Å². The molecule has 1 aliphatic heterocycles. The minimum atomic E-state index is 0.268. The van der Waals surface area contributed by atoms with Crippen molar-refractivity contribution >= 4 is 5.91 Å². The summed E-state index contributed by atoms with van der Waals surface area (Å²) < 4.78 is 5.59. The first kappa shape index (κ1) is 18.5. The summed E-state index contributed by atoms with van der Waals surface area (Å²) in [6.07, 6.45) is 8.21. The number of ether oxygens (including phenoxy) is 1. The third-order valence-electron chi connectivity index (χ3n) is 5.08. The van der Waals surface area contributed by atoms with E-state index in [0.717, 1.165) is 55.9 Å². The predicted molar refractivity (Wildman–Crippen MR) is 102 cm³/mol. The molecule has 0 saturated carbocycles. The molecule has 0 unspecified atom stereocenters. The van der Waals surface area contributed by atoms with E-state index in [1.54, 1.807) is 6.20 Å². The lowest BCUT2D eigenvalue weighted by molar-refractivity contribution is -0.132. The molecular formula is C21H29N3O2. The maximum absolute atomic E-state index is 12.6. The normalized spacial score (nSPS) is 17.3. The molecule has 0 bridgehead atoms. The number of piperidine rings is 1. The highest BCUT2D eigenvalue weighted by molar-refractivity contribution is 5.76. The highest BCUT2D eigenvalue weighted by atomic mass is 16.5. The number of rotatable bonds is 7. The van der Waals surface area contributed by atoms with Crippen LogP contribution in [0.4, 0.5) is 0 Å². The van der Waals surface area contributed by atoms with E-state index in [4.69, 9.17) is 4.74 Å². The maximum Gasteiger partial charge on any atom is 0.222 e. The van der Waals surface area contributed by atoms with Crippen LogP contribution >= 0.6 is 0 Å². The predicted octanol–water partition coefficient (Wildman–Crippen LogP) is 3.85. The first-order valence-corrected chi connectivity index (χ1v) is 9.66. The van der Waals surface area contributed by atoms with Gasteiger partial charge in [0.15, 0.2) is 0 Å². The lowest BCUT2D eigenvalue weighted by atomic mass is 9.96. The second-order valence-electron chi connectivity index (χ2n) is 7.04. The third-order valence-corrected chi connectivity index (χ3v) is 5.08.